The van der Waals surface area contributed by atoms with Gasteiger partial charge in [-0.15, -0.1) is 0 Å². The average molecular weight is 551 g/mol. The lowest BCUT2D eigenvalue weighted by Crippen LogP contribution is -2.40. The van der Waals surface area contributed by atoms with E-state index >= 15 is 0 Å². The molecule has 36 heavy (non-hydrogen) atoms. The summed E-state index contributed by atoms with van der Waals surface area (Å²) in [5, 5.41) is 4.22. The molecule has 2 unspecified atom stereocenters. The number of anilines is 1. The summed E-state index contributed by atoms with van der Waals surface area (Å²) in [5.41, 5.74) is 3.94. The lowest BCUT2D eigenvalue weighted by molar-refractivity contribution is 0.170. The maximum Gasteiger partial charge on any atom is 0.199 e. The van der Waals surface area contributed by atoms with Crippen LogP contribution < -0.4 is 9.64 Å². The largest absolute Gasteiger partial charge is 0.466 e. The van der Waals surface area contributed by atoms with Gasteiger partial charge in [0.2, 0.25) is 0 Å². The molecule has 0 spiro atoms. The molecule has 0 amide bonds. The molecule has 1 heterocycles. The lowest BCUT2D eigenvalue weighted by atomic mass is 9.89. The first kappa shape index (κ1) is 23.5. The van der Waals surface area contributed by atoms with Gasteiger partial charge in [0, 0.05) is 16.8 Å². The highest BCUT2D eigenvalue weighted by molar-refractivity contribution is 6.42. The molecule has 0 aliphatic carbocycles. The summed E-state index contributed by atoms with van der Waals surface area (Å²) in [4.78, 5) is 2.26. The van der Waals surface area contributed by atoms with Crippen molar-refractivity contribution < 1.29 is 4.74 Å². The monoisotopic (exact) mass is 549 g/mol. The Morgan fingerprint density at radius 1 is 0.583 bits per heavy atom. The van der Waals surface area contributed by atoms with Gasteiger partial charge in [0.15, 0.2) is 6.23 Å². The van der Waals surface area contributed by atoms with Crippen LogP contribution in [0.2, 0.25) is 20.1 Å². The predicted molar refractivity (Wildman–Crippen MR) is 151 cm³/mol. The number of ether oxygens (including phenoxy) is 1. The third-order valence-electron chi connectivity index (χ3n) is 6.52. The van der Waals surface area contributed by atoms with Gasteiger partial charge in [-0.2, -0.15) is 0 Å². The molecule has 6 heteroatoms. The van der Waals surface area contributed by atoms with E-state index in [0.29, 0.717) is 20.1 Å². The molecule has 6 rings (SSSR count). The van der Waals surface area contributed by atoms with Crippen LogP contribution in [0, 0.1) is 0 Å². The van der Waals surface area contributed by atoms with Gasteiger partial charge in [-0.3, -0.25) is 0 Å². The van der Waals surface area contributed by atoms with Gasteiger partial charge in [-0.05, 0) is 58.8 Å². The molecular weight excluding hydrogens is 532 g/mol. The van der Waals surface area contributed by atoms with E-state index < -0.39 is 6.23 Å². The van der Waals surface area contributed by atoms with E-state index in [-0.39, 0.29) is 6.04 Å². The zero-order valence-electron chi connectivity index (χ0n) is 18.8. The second-order valence-corrected chi connectivity index (χ2v) is 10.3. The number of hydrogen-bond acceptors (Lipinski definition) is 2. The highest BCUT2D eigenvalue weighted by Crippen LogP contribution is 2.51. The Morgan fingerprint density at radius 2 is 1.22 bits per heavy atom. The van der Waals surface area contributed by atoms with Gasteiger partial charge in [0.05, 0.1) is 26.1 Å². The molecule has 178 valence electrons. The van der Waals surface area contributed by atoms with E-state index in [4.69, 9.17) is 51.1 Å². The van der Waals surface area contributed by atoms with Crippen LogP contribution in [0.1, 0.15) is 29.0 Å². The first-order valence-corrected chi connectivity index (χ1v) is 12.9. The maximum absolute atomic E-state index is 6.76. The van der Waals surface area contributed by atoms with Crippen LogP contribution in [-0.4, -0.2) is 0 Å². The standard InChI is InChI=1S/C30H19Cl4NO/c31-23-13-10-19(16-25(23)33)29-28-22-9-5-4-6-18(22)12-15-27(28)36-30(20-11-14-24(32)26(34)17-20)35(29)21-7-2-1-3-8-21/h1-17,29-30H. The molecule has 0 saturated carbocycles. The molecule has 0 bridgehead atoms. The molecule has 1 aliphatic rings. The Balaban J connectivity index is 1.67. The molecule has 5 aromatic carbocycles. The summed E-state index contributed by atoms with van der Waals surface area (Å²) in [5.74, 6) is 0.799. The molecule has 0 radical (unpaired) electrons. The predicted octanol–water partition coefficient (Wildman–Crippen LogP) is 10.1. The van der Waals surface area contributed by atoms with Crippen molar-refractivity contribution in [3.63, 3.8) is 0 Å². The topological polar surface area (TPSA) is 12.5 Å². The van der Waals surface area contributed by atoms with Crippen molar-refractivity contribution in [1.82, 2.24) is 0 Å². The van der Waals surface area contributed by atoms with Crippen LogP contribution in [0.5, 0.6) is 5.75 Å². The van der Waals surface area contributed by atoms with Gasteiger partial charge in [0.25, 0.3) is 0 Å². The second-order valence-electron chi connectivity index (χ2n) is 8.66. The Hall–Kier alpha value is -2.88. The fraction of sp³-hybridized carbons (Fsp3) is 0.0667. The number of fused-ring (bicyclic) bond motifs is 3. The van der Waals surface area contributed by atoms with Gasteiger partial charge >= 0.3 is 0 Å². The second kappa shape index (κ2) is 9.53. The van der Waals surface area contributed by atoms with Crippen molar-refractivity contribution in [2.45, 2.75) is 12.3 Å². The summed E-state index contributed by atoms with van der Waals surface area (Å²) in [6.07, 6.45) is -0.477. The highest BCUT2D eigenvalue weighted by Gasteiger charge is 2.39. The first-order chi connectivity index (χ1) is 17.5. The minimum absolute atomic E-state index is 0.225. The fourth-order valence-corrected chi connectivity index (χ4v) is 5.51. The van der Waals surface area contributed by atoms with Crippen molar-refractivity contribution in [3.05, 3.63) is 140 Å². The summed E-state index contributed by atoms with van der Waals surface area (Å²) >= 11 is 25.6. The molecule has 0 N–H and O–H groups in total. The zero-order valence-corrected chi connectivity index (χ0v) is 21.9. The molecule has 0 fully saturated rings. The Bertz CT molecular complexity index is 1590. The molecule has 5 aromatic rings. The quantitative estimate of drug-likeness (QED) is 0.221. The van der Waals surface area contributed by atoms with E-state index in [9.17, 15) is 0 Å². The van der Waals surface area contributed by atoms with Crippen LogP contribution in [0.3, 0.4) is 0 Å². The molecule has 2 atom stereocenters. The Labute approximate surface area is 229 Å². The third-order valence-corrected chi connectivity index (χ3v) is 7.99. The normalized spacial score (nSPS) is 17.1. The van der Waals surface area contributed by atoms with Gasteiger partial charge < -0.3 is 9.64 Å². The van der Waals surface area contributed by atoms with Crippen LogP contribution >= 0.6 is 46.4 Å². The van der Waals surface area contributed by atoms with E-state index in [1.54, 1.807) is 6.07 Å². The summed E-state index contributed by atoms with van der Waals surface area (Å²) in [6, 6.07) is 33.8. The van der Waals surface area contributed by atoms with Crippen LogP contribution in [-0.2, 0) is 0 Å². The minimum atomic E-state index is -0.477. The van der Waals surface area contributed by atoms with Gasteiger partial charge in [-0.25, -0.2) is 0 Å². The lowest BCUT2D eigenvalue weighted by Gasteiger charge is -2.45. The molecule has 0 saturated heterocycles. The summed E-state index contributed by atoms with van der Waals surface area (Å²) < 4.78 is 6.76. The van der Waals surface area contributed by atoms with Gasteiger partial charge in [-0.1, -0.05) is 107 Å². The van der Waals surface area contributed by atoms with E-state index in [2.05, 4.69) is 35.2 Å². The number of halogens is 4. The minimum Gasteiger partial charge on any atom is -0.466 e. The SMILES string of the molecule is Clc1ccc(C2Oc3ccc4ccccc4c3C(c3ccc(Cl)c(Cl)c3)N2c2ccccc2)cc1Cl. The van der Waals surface area contributed by atoms with E-state index in [1.807, 2.05) is 66.7 Å². The van der Waals surface area contributed by atoms with E-state index in [1.165, 1.54) is 0 Å². The van der Waals surface area contributed by atoms with Crippen molar-refractivity contribution in [2.24, 2.45) is 0 Å². The summed E-state index contributed by atoms with van der Waals surface area (Å²) in [6.45, 7) is 0. The average Bonchev–Trinajstić information content (AvgIpc) is 2.91. The van der Waals surface area contributed by atoms with Crippen LogP contribution in [0.4, 0.5) is 5.69 Å². The van der Waals surface area contributed by atoms with Crippen molar-refractivity contribution >= 4 is 62.9 Å². The van der Waals surface area contributed by atoms with Crippen molar-refractivity contribution in [3.8, 4) is 5.75 Å². The number of rotatable bonds is 3. The third kappa shape index (κ3) is 4.09. The maximum atomic E-state index is 6.76. The van der Waals surface area contributed by atoms with E-state index in [0.717, 1.165) is 38.9 Å². The number of hydrogen-bond donors (Lipinski definition) is 0. The Kier molecular flexibility index (Phi) is 6.23. The molecule has 1 aliphatic heterocycles. The molecular formula is C30H19Cl4NO. The highest BCUT2D eigenvalue weighted by atomic mass is 35.5. The van der Waals surface area contributed by atoms with Crippen LogP contribution in [0.25, 0.3) is 10.8 Å². The summed E-state index contributed by atoms with van der Waals surface area (Å²) in [7, 11) is 0. The smallest absolute Gasteiger partial charge is 0.199 e. The van der Waals surface area contributed by atoms with Crippen molar-refractivity contribution in [1.29, 1.82) is 0 Å². The van der Waals surface area contributed by atoms with Gasteiger partial charge in [0.1, 0.15) is 5.75 Å². The Morgan fingerprint density at radius 3 is 1.94 bits per heavy atom. The fourth-order valence-electron chi connectivity index (χ4n) is 4.90. The number of para-hydroxylation sites is 1. The number of benzene rings is 5. The molecule has 2 nitrogen and oxygen atoms in total. The first-order valence-electron chi connectivity index (χ1n) is 11.4. The molecule has 0 aromatic heterocycles. The number of nitrogens with zero attached hydrogens (tertiary/aromatic N) is 1. The van der Waals surface area contributed by atoms with Crippen molar-refractivity contribution in [2.75, 3.05) is 4.90 Å². The van der Waals surface area contributed by atoms with Crippen LogP contribution in [0.15, 0.2) is 103 Å². The zero-order chi connectivity index (χ0) is 24.8.